The van der Waals surface area contributed by atoms with Crippen molar-refractivity contribution >= 4 is 11.8 Å². The number of hydrogen-bond acceptors (Lipinski definition) is 4. The number of fused-ring (bicyclic) bond motifs is 2. The van der Waals surface area contributed by atoms with Gasteiger partial charge in [-0.05, 0) is 30.2 Å². The number of hydrogen-bond donors (Lipinski definition) is 1. The van der Waals surface area contributed by atoms with E-state index >= 15 is 0 Å². The lowest BCUT2D eigenvalue weighted by atomic mass is 9.70. The number of esters is 1. The van der Waals surface area contributed by atoms with E-state index < -0.39 is 5.97 Å². The molecule has 118 valence electrons. The van der Waals surface area contributed by atoms with Gasteiger partial charge in [-0.1, -0.05) is 32.9 Å². The summed E-state index contributed by atoms with van der Waals surface area (Å²) < 4.78 is 4.70. The van der Waals surface area contributed by atoms with Crippen LogP contribution in [-0.4, -0.2) is 24.0 Å². The first-order valence-electron chi connectivity index (χ1n) is 7.70. The highest BCUT2D eigenvalue weighted by Gasteiger charge is 2.66. The van der Waals surface area contributed by atoms with Gasteiger partial charge in [0.15, 0.2) is 0 Å². The average molecular weight is 302 g/mol. The fourth-order valence-corrected chi connectivity index (χ4v) is 4.53. The Labute approximate surface area is 130 Å². The van der Waals surface area contributed by atoms with Gasteiger partial charge < -0.3 is 9.84 Å². The molecule has 2 bridgehead atoms. The van der Waals surface area contributed by atoms with E-state index in [1.807, 2.05) is 6.92 Å². The fraction of sp³-hybridized carbons (Fsp3) is 0.556. The van der Waals surface area contributed by atoms with Crippen LogP contribution in [0.15, 0.2) is 18.2 Å². The zero-order valence-corrected chi connectivity index (χ0v) is 13.5. The molecule has 22 heavy (non-hydrogen) atoms. The van der Waals surface area contributed by atoms with Gasteiger partial charge in [0, 0.05) is 11.0 Å². The van der Waals surface area contributed by atoms with Gasteiger partial charge >= 0.3 is 5.97 Å². The van der Waals surface area contributed by atoms with Crippen molar-refractivity contribution in [2.24, 2.45) is 16.7 Å². The molecular weight excluding hydrogens is 280 g/mol. The number of Topliss-reactive ketones (excluding diaryl/α,β-unsaturated/α-hetero) is 1. The molecule has 2 aliphatic rings. The van der Waals surface area contributed by atoms with Crippen LogP contribution in [0.5, 0.6) is 5.75 Å². The van der Waals surface area contributed by atoms with Crippen molar-refractivity contribution in [2.75, 3.05) is 7.11 Å². The largest absolute Gasteiger partial charge is 0.507 e. The number of methoxy groups -OCH3 is 1. The van der Waals surface area contributed by atoms with Gasteiger partial charge in [0.25, 0.3) is 0 Å². The first-order chi connectivity index (χ1) is 10.3. The first kappa shape index (κ1) is 15.1. The molecule has 1 N–H and O–H groups in total. The lowest BCUT2D eigenvalue weighted by Crippen LogP contribution is -2.33. The summed E-state index contributed by atoms with van der Waals surface area (Å²) in [6.45, 7) is 6.32. The molecule has 0 radical (unpaired) electrons. The van der Waals surface area contributed by atoms with Crippen LogP contribution in [-0.2, 0) is 9.53 Å². The summed E-state index contributed by atoms with van der Waals surface area (Å²) in [6.07, 6.45) is 1.87. The average Bonchev–Trinajstić information content (AvgIpc) is 2.79. The Bertz CT molecular complexity index is 661. The first-order valence-corrected chi connectivity index (χ1v) is 7.70. The number of ketones is 1. The number of para-hydroxylation sites is 1. The number of carbonyl (C=O) groups is 2. The molecule has 0 saturated heterocycles. The second-order valence-electron chi connectivity index (χ2n) is 7.28. The van der Waals surface area contributed by atoms with Crippen LogP contribution in [0.1, 0.15) is 55.5 Å². The van der Waals surface area contributed by atoms with E-state index in [0.29, 0.717) is 5.56 Å². The second kappa shape index (κ2) is 4.58. The lowest BCUT2D eigenvalue weighted by molar-refractivity contribution is -0.129. The molecule has 0 aromatic heterocycles. The zero-order valence-electron chi connectivity index (χ0n) is 13.5. The van der Waals surface area contributed by atoms with Gasteiger partial charge in [-0.2, -0.15) is 0 Å². The van der Waals surface area contributed by atoms with Crippen LogP contribution in [0.4, 0.5) is 0 Å². The Kier molecular flexibility index (Phi) is 3.13. The van der Waals surface area contributed by atoms with Crippen LogP contribution in [0.25, 0.3) is 0 Å². The van der Waals surface area contributed by atoms with Gasteiger partial charge in [-0.15, -0.1) is 0 Å². The smallest absolute Gasteiger partial charge is 0.341 e. The quantitative estimate of drug-likeness (QED) is 0.851. The Balaban J connectivity index is 2.11. The van der Waals surface area contributed by atoms with Crippen molar-refractivity contribution < 1.29 is 19.4 Å². The van der Waals surface area contributed by atoms with E-state index in [4.69, 9.17) is 4.74 Å². The van der Waals surface area contributed by atoms with Crippen molar-refractivity contribution in [3.63, 3.8) is 0 Å². The molecule has 3 unspecified atom stereocenters. The van der Waals surface area contributed by atoms with Crippen LogP contribution < -0.4 is 0 Å². The molecule has 3 atom stereocenters. The van der Waals surface area contributed by atoms with Crippen LogP contribution in [0.2, 0.25) is 0 Å². The second-order valence-corrected chi connectivity index (χ2v) is 7.28. The predicted molar refractivity (Wildman–Crippen MR) is 81.8 cm³/mol. The molecule has 0 amide bonds. The summed E-state index contributed by atoms with van der Waals surface area (Å²) in [5.74, 6) is -0.645. The molecule has 4 nitrogen and oxygen atoms in total. The summed E-state index contributed by atoms with van der Waals surface area (Å²) in [4.78, 5) is 24.7. The zero-order chi connectivity index (χ0) is 16.3. The monoisotopic (exact) mass is 302 g/mol. The summed E-state index contributed by atoms with van der Waals surface area (Å²) >= 11 is 0. The minimum Gasteiger partial charge on any atom is -0.507 e. The van der Waals surface area contributed by atoms with E-state index in [2.05, 4.69) is 13.8 Å². The van der Waals surface area contributed by atoms with Gasteiger partial charge in [0.05, 0.1) is 13.0 Å². The van der Waals surface area contributed by atoms with E-state index in [0.717, 1.165) is 12.8 Å². The summed E-state index contributed by atoms with van der Waals surface area (Å²) in [5, 5.41) is 10.5. The van der Waals surface area contributed by atoms with Gasteiger partial charge in [-0.3, -0.25) is 4.79 Å². The third-order valence-corrected chi connectivity index (χ3v) is 6.34. The molecule has 0 spiro atoms. The number of aromatic hydroxyl groups is 1. The number of phenolic OH excluding ortho intramolecular Hbond substituents is 1. The predicted octanol–water partition coefficient (Wildman–Crippen LogP) is 3.29. The maximum atomic E-state index is 13.0. The summed E-state index contributed by atoms with van der Waals surface area (Å²) in [7, 11) is 1.28. The van der Waals surface area contributed by atoms with Crippen molar-refractivity contribution in [1.82, 2.24) is 0 Å². The SMILES string of the molecule is COC(=O)c1cccc(C2C(=O)C3(C)CCC2C3(C)C)c1O. The van der Waals surface area contributed by atoms with Crippen LogP contribution in [0, 0.1) is 16.7 Å². The molecular formula is C18H22O4. The number of carbonyl (C=O) groups excluding carboxylic acids is 2. The maximum Gasteiger partial charge on any atom is 0.341 e. The standard InChI is InChI=1S/C18H22O4/c1-17(2)12-8-9-18(17,3)15(20)13(12)10-6-5-7-11(14(10)19)16(21)22-4/h5-7,12-13,19H,8-9H2,1-4H3. The highest BCUT2D eigenvalue weighted by molar-refractivity contribution is 5.98. The minimum atomic E-state index is -0.583. The molecule has 4 heteroatoms. The van der Waals surface area contributed by atoms with Crippen LogP contribution >= 0.6 is 0 Å². The minimum absolute atomic E-state index is 0.0948. The van der Waals surface area contributed by atoms with E-state index in [9.17, 15) is 14.7 Å². The highest BCUT2D eigenvalue weighted by atomic mass is 16.5. The Morgan fingerprint density at radius 2 is 2.00 bits per heavy atom. The summed E-state index contributed by atoms with van der Waals surface area (Å²) in [6, 6.07) is 4.98. The topological polar surface area (TPSA) is 63.6 Å². The molecule has 0 aliphatic heterocycles. The van der Waals surface area contributed by atoms with Crippen molar-refractivity contribution in [2.45, 2.75) is 39.5 Å². The summed E-state index contributed by atoms with van der Waals surface area (Å²) in [5.41, 5.74) is 0.242. The molecule has 1 aromatic rings. The molecule has 1 aromatic carbocycles. The number of ether oxygens (including phenoxy) is 1. The van der Waals surface area contributed by atoms with Crippen LogP contribution in [0.3, 0.4) is 0 Å². The number of phenols is 1. The van der Waals surface area contributed by atoms with E-state index in [1.54, 1.807) is 12.1 Å². The lowest BCUT2D eigenvalue weighted by Gasteiger charge is -2.32. The third-order valence-electron chi connectivity index (χ3n) is 6.34. The Hall–Kier alpha value is -1.84. The molecule has 2 saturated carbocycles. The van der Waals surface area contributed by atoms with Gasteiger partial charge in [0.2, 0.25) is 0 Å². The van der Waals surface area contributed by atoms with Crippen molar-refractivity contribution in [1.29, 1.82) is 0 Å². The van der Waals surface area contributed by atoms with Crippen molar-refractivity contribution in [3.05, 3.63) is 29.3 Å². The van der Waals surface area contributed by atoms with Gasteiger partial charge in [0.1, 0.15) is 17.1 Å². The van der Waals surface area contributed by atoms with E-state index in [-0.39, 0.29) is 39.8 Å². The maximum absolute atomic E-state index is 13.0. The molecule has 2 aliphatic carbocycles. The Morgan fingerprint density at radius 1 is 1.32 bits per heavy atom. The molecule has 3 rings (SSSR count). The Morgan fingerprint density at radius 3 is 2.55 bits per heavy atom. The number of benzene rings is 1. The number of rotatable bonds is 2. The molecule has 2 fully saturated rings. The molecule has 0 heterocycles. The fourth-order valence-electron chi connectivity index (χ4n) is 4.53. The normalized spacial score (nSPS) is 32.3. The van der Waals surface area contributed by atoms with Gasteiger partial charge in [-0.25, -0.2) is 4.79 Å². The third kappa shape index (κ3) is 1.64. The highest BCUT2D eigenvalue weighted by Crippen LogP contribution is 2.68. The van der Waals surface area contributed by atoms with Crippen molar-refractivity contribution in [3.8, 4) is 5.75 Å². The van der Waals surface area contributed by atoms with E-state index in [1.165, 1.54) is 13.2 Å².